The molecule has 0 spiro atoms. The number of guanidine groups is 1. The van der Waals surface area contributed by atoms with Crippen molar-refractivity contribution in [1.29, 1.82) is 0 Å². The highest BCUT2D eigenvalue weighted by molar-refractivity contribution is 7.10. The van der Waals surface area contributed by atoms with Crippen molar-refractivity contribution in [2.75, 3.05) is 13.1 Å². The van der Waals surface area contributed by atoms with Gasteiger partial charge in [0.2, 0.25) is 0 Å². The van der Waals surface area contributed by atoms with Crippen LogP contribution in [0.5, 0.6) is 0 Å². The Labute approximate surface area is 158 Å². The van der Waals surface area contributed by atoms with Gasteiger partial charge in [0.05, 0.1) is 12.2 Å². The number of aromatic nitrogens is 3. The molecule has 0 fully saturated rings. The lowest BCUT2D eigenvalue weighted by Gasteiger charge is -2.15. The molecule has 0 aliphatic heterocycles. The molecule has 3 aromatic rings. The van der Waals surface area contributed by atoms with Gasteiger partial charge in [-0.2, -0.15) is 5.10 Å². The quantitative estimate of drug-likeness (QED) is 0.496. The number of benzene rings is 1. The summed E-state index contributed by atoms with van der Waals surface area (Å²) in [5.74, 6) is 1.30. The van der Waals surface area contributed by atoms with Crippen LogP contribution in [0.15, 0.2) is 59.4 Å². The van der Waals surface area contributed by atoms with E-state index in [4.69, 9.17) is 4.99 Å². The molecule has 0 amide bonds. The van der Waals surface area contributed by atoms with Crippen LogP contribution in [0.4, 0.5) is 0 Å². The maximum absolute atomic E-state index is 4.69. The predicted molar refractivity (Wildman–Crippen MR) is 107 cm³/mol. The Morgan fingerprint density at radius 2 is 2.08 bits per heavy atom. The van der Waals surface area contributed by atoms with Crippen molar-refractivity contribution >= 4 is 17.3 Å². The molecule has 136 valence electrons. The highest BCUT2D eigenvalue weighted by atomic mass is 32.1. The third kappa shape index (κ3) is 4.92. The molecule has 0 bridgehead atoms. The molecule has 2 aromatic heterocycles. The fraction of sp³-hybridized carbons (Fsp3) is 0.316. The molecule has 0 saturated heterocycles. The highest BCUT2D eigenvalue weighted by Crippen LogP contribution is 2.19. The molecule has 0 aliphatic rings. The van der Waals surface area contributed by atoms with E-state index >= 15 is 0 Å². The Morgan fingerprint density at radius 3 is 2.73 bits per heavy atom. The molecule has 2 heterocycles. The van der Waals surface area contributed by atoms with Crippen LogP contribution in [-0.4, -0.2) is 33.8 Å². The maximum atomic E-state index is 4.69. The van der Waals surface area contributed by atoms with Crippen LogP contribution in [0.1, 0.15) is 30.2 Å². The topological polar surface area (TPSA) is 67.1 Å². The summed E-state index contributed by atoms with van der Waals surface area (Å²) in [6, 6.07) is 12.5. The van der Waals surface area contributed by atoms with Crippen molar-refractivity contribution < 1.29 is 0 Å². The number of thiophene rings is 1. The van der Waals surface area contributed by atoms with E-state index in [-0.39, 0.29) is 0 Å². The highest BCUT2D eigenvalue weighted by Gasteiger charge is 2.07. The molecular formula is C19H24N6S. The number of rotatable bonds is 7. The second-order valence-electron chi connectivity index (χ2n) is 6.00. The molecule has 1 unspecified atom stereocenters. The smallest absolute Gasteiger partial charge is 0.191 e. The number of aliphatic imine (C=N–C) groups is 1. The zero-order valence-electron chi connectivity index (χ0n) is 15.1. The molecular weight excluding hydrogens is 344 g/mol. The van der Waals surface area contributed by atoms with Crippen LogP contribution in [0.25, 0.3) is 5.69 Å². The SMILES string of the molecule is CCNC(=NCc1ccc(-n2cncn2)cc1)NCC(C)c1cccs1. The minimum Gasteiger partial charge on any atom is -0.357 e. The third-order valence-corrected chi connectivity index (χ3v) is 5.09. The zero-order valence-corrected chi connectivity index (χ0v) is 15.9. The molecule has 0 aliphatic carbocycles. The third-order valence-electron chi connectivity index (χ3n) is 3.99. The average molecular weight is 369 g/mol. The van der Waals surface area contributed by atoms with Gasteiger partial charge in [0.25, 0.3) is 0 Å². The van der Waals surface area contributed by atoms with Crippen molar-refractivity contribution in [2.24, 2.45) is 4.99 Å². The van der Waals surface area contributed by atoms with Crippen molar-refractivity contribution in [2.45, 2.75) is 26.3 Å². The van der Waals surface area contributed by atoms with Gasteiger partial charge in [-0.1, -0.05) is 25.1 Å². The molecule has 3 rings (SSSR count). The van der Waals surface area contributed by atoms with Gasteiger partial charge in [0, 0.05) is 23.9 Å². The Hall–Kier alpha value is -2.67. The lowest BCUT2D eigenvalue weighted by atomic mass is 10.1. The summed E-state index contributed by atoms with van der Waals surface area (Å²) in [5.41, 5.74) is 2.14. The standard InChI is InChI=1S/C19H24N6S/c1-3-21-19(22-11-15(2)18-5-4-10-26-18)23-12-16-6-8-17(9-7-16)25-14-20-13-24-25/h4-10,13-15H,3,11-12H2,1-2H3,(H2,21,22,23). The fourth-order valence-electron chi connectivity index (χ4n) is 2.53. The van der Waals surface area contributed by atoms with Gasteiger partial charge in [0.15, 0.2) is 5.96 Å². The lowest BCUT2D eigenvalue weighted by Crippen LogP contribution is -2.39. The summed E-state index contributed by atoms with van der Waals surface area (Å²) in [7, 11) is 0. The van der Waals surface area contributed by atoms with Gasteiger partial charge in [-0.3, -0.25) is 0 Å². The largest absolute Gasteiger partial charge is 0.357 e. The molecule has 1 aromatic carbocycles. The van der Waals surface area contributed by atoms with Crippen molar-refractivity contribution in [3.63, 3.8) is 0 Å². The van der Waals surface area contributed by atoms with Crippen LogP contribution in [0, 0.1) is 0 Å². The minimum absolute atomic E-state index is 0.459. The number of hydrogen-bond acceptors (Lipinski definition) is 4. The summed E-state index contributed by atoms with van der Waals surface area (Å²) in [5, 5.41) is 13.0. The van der Waals surface area contributed by atoms with E-state index < -0.39 is 0 Å². The summed E-state index contributed by atoms with van der Waals surface area (Å²) >= 11 is 1.79. The summed E-state index contributed by atoms with van der Waals surface area (Å²) < 4.78 is 1.74. The summed E-state index contributed by atoms with van der Waals surface area (Å²) in [6.45, 7) is 6.63. The van der Waals surface area contributed by atoms with E-state index in [2.05, 4.69) is 64.2 Å². The lowest BCUT2D eigenvalue weighted by molar-refractivity contribution is 0.709. The summed E-state index contributed by atoms with van der Waals surface area (Å²) in [6.07, 6.45) is 3.22. The van der Waals surface area contributed by atoms with Crippen LogP contribution in [0.2, 0.25) is 0 Å². The average Bonchev–Trinajstić information content (AvgIpc) is 3.38. The first-order valence-corrected chi connectivity index (χ1v) is 9.63. The molecule has 7 heteroatoms. The normalized spacial score (nSPS) is 12.8. The van der Waals surface area contributed by atoms with E-state index in [1.807, 2.05) is 12.1 Å². The molecule has 1 atom stereocenters. The Kier molecular flexibility index (Phi) is 6.38. The zero-order chi connectivity index (χ0) is 18.2. The van der Waals surface area contributed by atoms with Crippen molar-refractivity contribution in [3.05, 3.63) is 64.9 Å². The van der Waals surface area contributed by atoms with Crippen LogP contribution in [0.3, 0.4) is 0 Å². The second kappa shape index (κ2) is 9.15. The van der Waals surface area contributed by atoms with Gasteiger partial charge in [0.1, 0.15) is 12.7 Å². The number of hydrogen-bond donors (Lipinski definition) is 2. The maximum Gasteiger partial charge on any atom is 0.191 e. The first-order valence-electron chi connectivity index (χ1n) is 8.75. The van der Waals surface area contributed by atoms with Crippen molar-refractivity contribution in [1.82, 2.24) is 25.4 Å². The van der Waals surface area contributed by atoms with Crippen LogP contribution >= 0.6 is 11.3 Å². The van der Waals surface area contributed by atoms with Crippen LogP contribution < -0.4 is 10.6 Å². The minimum atomic E-state index is 0.459. The number of nitrogens with zero attached hydrogens (tertiary/aromatic N) is 4. The fourth-order valence-corrected chi connectivity index (χ4v) is 3.32. The molecule has 0 saturated carbocycles. The molecule has 0 radical (unpaired) electrons. The van der Waals surface area contributed by atoms with E-state index in [0.29, 0.717) is 12.5 Å². The number of nitrogens with one attached hydrogen (secondary N) is 2. The van der Waals surface area contributed by atoms with Gasteiger partial charge >= 0.3 is 0 Å². The van der Waals surface area contributed by atoms with E-state index in [1.54, 1.807) is 22.3 Å². The predicted octanol–water partition coefficient (Wildman–Crippen LogP) is 3.19. The van der Waals surface area contributed by atoms with E-state index in [9.17, 15) is 0 Å². The molecule has 6 nitrogen and oxygen atoms in total. The van der Waals surface area contributed by atoms with E-state index in [1.165, 1.54) is 11.2 Å². The Balaban J connectivity index is 1.58. The van der Waals surface area contributed by atoms with Crippen LogP contribution in [-0.2, 0) is 6.54 Å². The van der Waals surface area contributed by atoms with Gasteiger partial charge in [-0.25, -0.2) is 14.7 Å². The van der Waals surface area contributed by atoms with E-state index in [0.717, 1.165) is 30.3 Å². The van der Waals surface area contributed by atoms with Gasteiger partial charge in [-0.15, -0.1) is 11.3 Å². The second-order valence-corrected chi connectivity index (χ2v) is 6.98. The Bertz CT molecular complexity index is 793. The monoisotopic (exact) mass is 368 g/mol. The Morgan fingerprint density at radius 1 is 1.23 bits per heavy atom. The molecule has 2 N–H and O–H groups in total. The van der Waals surface area contributed by atoms with Gasteiger partial charge < -0.3 is 10.6 Å². The van der Waals surface area contributed by atoms with Crippen molar-refractivity contribution in [3.8, 4) is 5.69 Å². The molecule has 26 heavy (non-hydrogen) atoms. The summed E-state index contributed by atoms with van der Waals surface area (Å²) in [4.78, 5) is 10.0. The first kappa shape index (κ1) is 18.1. The van der Waals surface area contributed by atoms with Gasteiger partial charge in [-0.05, 0) is 36.1 Å². The first-order chi connectivity index (χ1) is 12.8.